The molecule has 0 saturated carbocycles. The minimum Gasteiger partial charge on any atom is -0.354 e. The number of rotatable bonds is 3. The number of piperazine rings is 1. The van der Waals surface area contributed by atoms with Crippen molar-refractivity contribution in [1.29, 1.82) is 0 Å². The van der Waals surface area contributed by atoms with E-state index in [1.807, 2.05) is 31.2 Å². The third-order valence-electron chi connectivity index (χ3n) is 4.00. The Balaban J connectivity index is 1.63. The zero-order valence-corrected chi connectivity index (χ0v) is 14.0. The Labute approximate surface area is 141 Å². The molecule has 2 N–H and O–H groups in total. The van der Waals surface area contributed by atoms with Crippen LogP contribution in [0, 0.1) is 6.92 Å². The van der Waals surface area contributed by atoms with E-state index in [0.29, 0.717) is 5.82 Å². The number of hydrogen-bond acceptors (Lipinski definition) is 5. The van der Waals surface area contributed by atoms with Crippen LogP contribution in [-0.4, -0.2) is 54.1 Å². The molecule has 126 valence electrons. The third kappa shape index (κ3) is 4.20. The molecular weight excluding hydrogens is 304 g/mol. The molecular formula is C17H22N6O. The van der Waals surface area contributed by atoms with E-state index in [1.165, 1.54) is 6.33 Å². The molecule has 2 heterocycles. The van der Waals surface area contributed by atoms with Crippen molar-refractivity contribution >= 4 is 23.4 Å². The molecule has 0 spiro atoms. The summed E-state index contributed by atoms with van der Waals surface area (Å²) in [5, 5.41) is 5.57. The van der Waals surface area contributed by atoms with Crippen molar-refractivity contribution in [2.45, 2.75) is 6.92 Å². The van der Waals surface area contributed by atoms with Crippen LogP contribution in [0.5, 0.6) is 0 Å². The summed E-state index contributed by atoms with van der Waals surface area (Å²) in [5.41, 5.74) is 1.84. The van der Waals surface area contributed by atoms with Gasteiger partial charge >= 0.3 is 6.03 Å². The highest BCUT2D eigenvalue weighted by atomic mass is 16.2. The number of hydrogen-bond donors (Lipinski definition) is 2. The van der Waals surface area contributed by atoms with Gasteiger partial charge in [-0.15, -0.1) is 0 Å². The Morgan fingerprint density at radius 1 is 1.08 bits per heavy atom. The summed E-state index contributed by atoms with van der Waals surface area (Å²) in [6.07, 6.45) is 1.48. The normalized spacial score (nSPS) is 15.2. The summed E-state index contributed by atoms with van der Waals surface area (Å²) in [4.78, 5) is 25.0. The standard InChI is InChI=1S/C17H22N6O/c1-13-4-3-5-14(10-13)20-17(24)21-15-11-16(19-12-18-15)23-8-6-22(2)7-9-23/h3-5,10-12H,6-9H2,1-2H3,(H2,18,19,20,21,24). The highest BCUT2D eigenvalue weighted by molar-refractivity contribution is 5.99. The van der Waals surface area contributed by atoms with Gasteiger partial charge < -0.3 is 15.1 Å². The van der Waals surface area contributed by atoms with Crippen molar-refractivity contribution in [3.05, 3.63) is 42.2 Å². The summed E-state index contributed by atoms with van der Waals surface area (Å²) in [7, 11) is 2.11. The Morgan fingerprint density at radius 3 is 2.62 bits per heavy atom. The second-order valence-electron chi connectivity index (χ2n) is 6.00. The first kappa shape index (κ1) is 16.2. The molecule has 1 fully saturated rings. The van der Waals surface area contributed by atoms with Gasteiger partial charge in [-0.1, -0.05) is 12.1 Å². The molecule has 7 nitrogen and oxygen atoms in total. The maximum absolute atomic E-state index is 12.1. The lowest BCUT2D eigenvalue weighted by Crippen LogP contribution is -2.44. The van der Waals surface area contributed by atoms with Crippen LogP contribution in [0.4, 0.5) is 22.1 Å². The summed E-state index contributed by atoms with van der Waals surface area (Å²) in [6, 6.07) is 9.14. The number of likely N-dealkylation sites (N-methyl/N-ethyl adjacent to an activating group) is 1. The fourth-order valence-electron chi connectivity index (χ4n) is 2.63. The first-order chi connectivity index (χ1) is 11.6. The minimum atomic E-state index is -0.316. The van der Waals surface area contributed by atoms with Crippen molar-refractivity contribution in [2.75, 3.05) is 48.8 Å². The Morgan fingerprint density at radius 2 is 1.88 bits per heavy atom. The van der Waals surface area contributed by atoms with Crippen LogP contribution in [0.25, 0.3) is 0 Å². The third-order valence-corrected chi connectivity index (χ3v) is 4.00. The Hall–Kier alpha value is -2.67. The minimum absolute atomic E-state index is 0.316. The van der Waals surface area contributed by atoms with Crippen LogP contribution in [0.3, 0.4) is 0 Å². The van der Waals surface area contributed by atoms with Gasteiger partial charge in [-0.3, -0.25) is 5.32 Å². The number of benzene rings is 1. The number of aryl methyl sites for hydroxylation is 1. The van der Waals surface area contributed by atoms with Gasteiger partial charge in [0.05, 0.1) is 0 Å². The van der Waals surface area contributed by atoms with Gasteiger partial charge in [-0.05, 0) is 31.7 Å². The molecule has 2 amide bonds. The molecule has 1 aliphatic heterocycles. The molecule has 0 aliphatic carbocycles. The van der Waals surface area contributed by atoms with Crippen molar-refractivity contribution < 1.29 is 4.79 Å². The van der Waals surface area contributed by atoms with Gasteiger partial charge in [-0.25, -0.2) is 14.8 Å². The molecule has 0 atom stereocenters. The molecule has 2 aromatic rings. The average molecular weight is 326 g/mol. The first-order valence-corrected chi connectivity index (χ1v) is 8.00. The largest absolute Gasteiger partial charge is 0.354 e. The number of amides is 2. The van der Waals surface area contributed by atoms with Gasteiger partial charge in [0.2, 0.25) is 0 Å². The van der Waals surface area contributed by atoms with Gasteiger partial charge in [0.25, 0.3) is 0 Å². The van der Waals surface area contributed by atoms with E-state index < -0.39 is 0 Å². The molecule has 0 radical (unpaired) electrons. The lowest BCUT2D eigenvalue weighted by atomic mass is 10.2. The number of carbonyl (C=O) groups is 1. The number of urea groups is 1. The maximum Gasteiger partial charge on any atom is 0.324 e. The smallest absolute Gasteiger partial charge is 0.324 e. The number of anilines is 3. The topological polar surface area (TPSA) is 73.4 Å². The van der Waals surface area contributed by atoms with E-state index in [0.717, 1.165) is 43.2 Å². The monoisotopic (exact) mass is 326 g/mol. The molecule has 3 rings (SSSR count). The quantitative estimate of drug-likeness (QED) is 0.904. The van der Waals surface area contributed by atoms with E-state index in [9.17, 15) is 4.79 Å². The molecule has 24 heavy (non-hydrogen) atoms. The summed E-state index contributed by atoms with van der Waals surface area (Å²) in [6.45, 7) is 5.82. The lowest BCUT2D eigenvalue weighted by molar-refractivity contribution is 0.262. The van der Waals surface area contributed by atoms with Gasteiger partial charge in [0.15, 0.2) is 0 Å². The van der Waals surface area contributed by atoms with Crippen LogP contribution < -0.4 is 15.5 Å². The predicted octanol–water partition coefficient (Wildman–Crippen LogP) is 2.18. The molecule has 0 unspecified atom stereocenters. The summed E-state index contributed by atoms with van der Waals surface area (Å²) < 4.78 is 0. The summed E-state index contributed by atoms with van der Waals surface area (Å²) in [5.74, 6) is 1.33. The van der Waals surface area contributed by atoms with Crippen molar-refractivity contribution in [3.63, 3.8) is 0 Å². The van der Waals surface area contributed by atoms with Crippen LogP contribution in [0.1, 0.15) is 5.56 Å². The van der Waals surface area contributed by atoms with Crippen LogP contribution in [0.2, 0.25) is 0 Å². The summed E-state index contributed by atoms with van der Waals surface area (Å²) >= 11 is 0. The van der Waals surface area contributed by atoms with E-state index >= 15 is 0 Å². The fourth-order valence-corrected chi connectivity index (χ4v) is 2.63. The average Bonchev–Trinajstić information content (AvgIpc) is 2.55. The molecule has 1 aromatic carbocycles. The predicted molar refractivity (Wildman–Crippen MR) is 95.6 cm³/mol. The van der Waals surface area contributed by atoms with E-state index in [1.54, 1.807) is 6.07 Å². The van der Waals surface area contributed by atoms with Crippen LogP contribution >= 0.6 is 0 Å². The zero-order chi connectivity index (χ0) is 16.9. The van der Waals surface area contributed by atoms with E-state index in [2.05, 4.69) is 37.4 Å². The van der Waals surface area contributed by atoms with Crippen molar-refractivity contribution in [2.24, 2.45) is 0 Å². The molecule has 7 heteroatoms. The van der Waals surface area contributed by atoms with E-state index in [-0.39, 0.29) is 6.03 Å². The Bertz CT molecular complexity index is 712. The van der Waals surface area contributed by atoms with Gasteiger partial charge in [-0.2, -0.15) is 0 Å². The maximum atomic E-state index is 12.1. The van der Waals surface area contributed by atoms with Crippen molar-refractivity contribution in [3.8, 4) is 0 Å². The number of nitrogens with one attached hydrogen (secondary N) is 2. The van der Waals surface area contributed by atoms with E-state index in [4.69, 9.17) is 0 Å². The van der Waals surface area contributed by atoms with Crippen LogP contribution in [-0.2, 0) is 0 Å². The van der Waals surface area contributed by atoms with Crippen molar-refractivity contribution in [1.82, 2.24) is 14.9 Å². The van der Waals surface area contributed by atoms with Gasteiger partial charge in [0.1, 0.15) is 18.0 Å². The molecule has 0 bridgehead atoms. The SMILES string of the molecule is Cc1cccc(NC(=O)Nc2cc(N3CCN(C)CC3)ncn2)c1. The highest BCUT2D eigenvalue weighted by Crippen LogP contribution is 2.16. The second kappa shape index (κ2) is 7.27. The second-order valence-corrected chi connectivity index (χ2v) is 6.00. The zero-order valence-electron chi connectivity index (χ0n) is 14.0. The lowest BCUT2D eigenvalue weighted by Gasteiger charge is -2.33. The Kier molecular flexibility index (Phi) is 4.90. The molecule has 1 aliphatic rings. The molecule has 1 aromatic heterocycles. The number of nitrogens with zero attached hydrogens (tertiary/aromatic N) is 4. The number of aromatic nitrogens is 2. The van der Waals surface area contributed by atoms with Gasteiger partial charge in [0, 0.05) is 37.9 Å². The first-order valence-electron chi connectivity index (χ1n) is 8.00. The number of carbonyl (C=O) groups excluding carboxylic acids is 1. The van der Waals surface area contributed by atoms with Crippen LogP contribution in [0.15, 0.2) is 36.7 Å². The fraction of sp³-hybridized carbons (Fsp3) is 0.353. The highest BCUT2D eigenvalue weighted by Gasteiger charge is 2.16. The molecule has 1 saturated heterocycles.